The number of carbonyl (C=O) groups excluding carboxylic acids is 7. The number of unbranched alkanes of at least 4 members (excludes halogenated alkanes) is 3. The van der Waals surface area contributed by atoms with Gasteiger partial charge < -0.3 is 29.8 Å². The molecule has 0 unspecified atom stereocenters. The molecule has 0 radical (unpaired) electrons. The number of hydrogen-bond donors (Lipinski definition) is 1. The van der Waals surface area contributed by atoms with Crippen LogP contribution >= 0.6 is 11.6 Å². The summed E-state index contributed by atoms with van der Waals surface area (Å²) in [6, 6.07) is 0.779. The number of ketones is 1. The Hall–Kier alpha value is -4.68. The van der Waals surface area contributed by atoms with Gasteiger partial charge in [-0.15, -0.1) is 0 Å². The fraction of sp³-hybridized carbons (Fsp3) is 0.706. The summed E-state index contributed by atoms with van der Waals surface area (Å²) in [4.78, 5) is 101. The molecule has 0 aromatic heterocycles. The second-order valence-corrected chi connectivity index (χ2v) is 21.3. The molecule has 6 amide bonds. The topological polar surface area (TPSA) is 148 Å². The summed E-state index contributed by atoms with van der Waals surface area (Å²) in [6.07, 6.45) is -4.47. The smallest absolute Gasteiger partial charge is 0.344 e. The maximum atomic E-state index is 14.7. The number of alkyl halides is 6. The minimum Gasteiger partial charge on any atom is -0.344 e. The molecule has 2 saturated carbocycles. The van der Waals surface area contributed by atoms with E-state index in [1.165, 1.54) is 25.8 Å². The molecular weight excluding hydrogens is 958 g/mol. The molecule has 6 atom stereocenters. The first-order valence-corrected chi connectivity index (χ1v) is 25.2. The number of rotatable bonds is 22. The highest BCUT2D eigenvalue weighted by molar-refractivity contribution is 6.30. The van der Waals surface area contributed by atoms with Gasteiger partial charge in [-0.1, -0.05) is 63.8 Å². The Morgan fingerprint density at radius 3 is 2.07 bits per heavy atom. The molecular formula is C51H71ClF6N6O7. The zero-order valence-electron chi connectivity index (χ0n) is 42.2. The molecule has 5 rings (SSSR count). The van der Waals surface area contributed by atoms with E-state index >= 15 is 0 Å². The third kappa shape index (κ3) is 13.9. The second-order valence-electron chi connectivity index (χ2n) is 20.9. The molecule has 1 aromatic carbocycles. The Kier molecular flexibility index (Phi) is 18.9. The largest absolute Gasteiger partial charge is 0.403 e. The number of likely N-dealkylation sites (tertiary alicyclic amines) is 1. The van der Waals surface area contributed by atoms with Crippen molar-refractivity contribution < 1.29 is 59.9 Å². The highest BCUT2D eigenvalue weighted by Gasteiger charge is 2.75. The number of carbonyl (C=O) groups is 7. The van der Waals surface area contributed by atoms with E-state index < -0.39 is 91.4 Å². The standard InChI is InChI=1S/C51H71ClF6N6O7/c1-30(2)23-31(3)45(68)62(8)42(25-36-24-37(52)16-17-39(36)34-18-21-63(22-19-34)33(5)66)46(69)60(6)20-12-10-9-11-13-40(32(4)65)61(7)47(70)43(35-14-15-35)59-44(67)41-26-38(53)27-64(41)48(71)49(51(56,57)58)28-50(54,55)29-49/h16-18,24,30-31,35,38,40-43H,9-15,19-23,25-29H2,1-8H3,(H,59,67)/t31-,38+,40-,41-,42-,43-/m0/s1. The monoisotopic (exact) mass is 1030 g/mol. The third-order valence-electron chi connectivity index (χ3n) is 14.8. The average molecular weight is 1030 g/mol. The zero-order chi connectivity index (χ0) is 52.9. The minimum absolute atomic E-state index is 0.0144. The number of amides is 6. The molecule has 0 spiro atoms. The van der Waals surface area contributed by atoms with Crippen molar-refractivity contribution in [3.8, 4) is 0 Å². The van der Waals surface area contributed by atoms with Gasteiger partial charge in [0.2, 0.25) is 35.4 Å². The highest BCUT2D eigenvalue weighted by atomic mass is 35.5. The van der Waals surface area contributed by atoms with Crippen LogP contribution in [0.3, 0.4) is 0 Å². The summed E-state index contributed by atoms with van der Waals surface area (Å²) >= 11 is 6.53. The number of nitrogens with zero attached hydrogens (tertiary/aromatic N) is 5. The lowest BCUT2D eigenvalue weighted by Crippen LogP contribution is -2.65. The van der Waals surface area contributed by atoms with Crippen LogP contribution < -0.4 is 5.32 Å². The summed E-state index contributed by atoms with van der Waals surface area (Å²) in [5.41, 5.74) is -0.712. The maximum Gasteiger partial charge on any atom is 0.403 e. The quantitative estimate of drug-likeness (QED) is 0.0927. The van der Waals surface area contributed by atoms with E-state index in [4.69, 9.17) is 11.6 Å². The fourth-order valence-electron chi connectivity index (χ4n) is 10.5. The lowest BCUT2D eigenvalue weighted by atomic mass is 9.64. The predicted octanol–water partition coefficient (Wildman–Crippen LogP) is 7.66. The fourth-order valence-corrected chi connectivity index (χ4v) is 10.7. The average Bonchev–Trinajstić information content (AvgIpc) is 4.05. The molecule has 20 heteroatoms. The van der Waals surface area contributed by atoms with Crippen molar-refractivity contribution in [2.24, 2.45) is 23.2 Å². The van der Waals surface area contributed by atoms with Crippen molar-refractivity contribution in [2.45, 2.75) is 161 Å². The van der Waals surface area contributed by atoms with Gasteiger partial charge in [0.05, 0.1) is 12.6 Å². The molecule has 1 aromatic rings. The van der Waals surface area contributed by atoms with Gasteiger partial charge in [-0.05, 0) is 86.1 Å². The number of Topliss-reactive ketones (excluding diaryl/α,β-unsaturated/α-hetero) is 1. The molecule has 2 aliphatic carbocycles. The molecule has 13 nitrogen and oxygen atoms in total. The van der Waals surface area contributed by atoms with Gasteiger partial charge >= 0.3 is 6.18 Å². The zero-order valence-corrected chi connectivity index (χ0v) is 42.9. The summed E-state index contributed by atoms with van der Waals surface area (Å²) in [7, 11) is 4.76. The Bertz CT molecular complexity index is 2180. The normalized spacial score (nSPS) is 21.3. The van der Waals surface area contributed by atoms with Crippen LogP contribution in [0.15, 0.2) is 24.3 Å². The van der Waals surface area contributed by atoms with Gasteiger partial charge in [0.25, 0.3) is 5.92 Å². The summed E-state index contributed by atoms with van der Waals surface area (Å²) in [6.45, 7) is 9.27. The molecule has 3 fully saturated rings. The maximum absolute atomic E-state index is 14.7. The summed E-state index contributed by atoms with van der Waals surface area (Å²) in [5, 5.41) is 3.00. The molecule has 0 bridgehead atoms. The van der Waals surface area contributed by atoms with E-state index in [-0.39, 0.29) is 54.1 Å². The van der Waals surface area contributed by atoms with Gasteiger partial charge in [0, 0.05) is 84.3 Å². The summed E-state index contributed by atoms with van der Waals surface area (Å²) < 4.78 is 84.6. The third-order valence-corrected chi connectivity index (χ3v) is 15.0. The van der Waals surface area contributed by atoms with E-state index in [1.54, 1.807) is 34.9 Å². The first-order valence-electron chi connectivity index (χ1n) is 24.8. The van der Waals surface area contributed by atoms with Crippen LogP contribution in [0.5, 0.6) is 0 Å². The Morgan fingerprint density at radius 2 is 1.52 bits per heavy atom. The molecule has 71 heavy (non-hydrogen) atoms. The number of halogens is 7. The van der Waals surface area contributed by atoms with Crippen molar-refractivity contribution in [2.75, 3.05) is 47.3 Å². The molecule has 2 aliphatic heterocycles. The van der Waals surface area contributed by atoms with Gasteiger partial charge in [0.1, 0.15) is 24.3 Å². The van der Waals surface area contributed by atoms with E-state index in [0.29, 0.717) is 80.9 Å². The van der Waals surface area contributed by atoms with E-state index in [2.05, 4.69) is 5.32 Å². The van der Waals surface area contributed by atoms with Gasteiger partial charge in [-0.2, -0.15) is 13.2 Å². The van der Waals surface area contributed by atoms with E-state index in [0.717, 1.165) is 16.7 Å². The van der Waals surface area contributed by atoms with Crippen LogP contribution in [-0.4, -0.2) is 155 Å². The van der Waals surface area contributed by atoms with Gasteiger partial charge in [-0.3, -0.25) is 33.6 Å². The number of nitrogens with one attached hydrogen (secondary N) is 1. The van der Waals surface area contributed by atoms with Crippen LogP contribution in [-0.2, 0) is 40.0 Å². The van der Waals surface area contributed by atoms with Crippen LogP contribution in [0.25, 0.3) is 5.57 Å². The van der Waals surface area contributed by atoms with Crippen molar-refractivity contribution in [3.05, 3.63) is 40.4 Å². The summed E-state index contributed by atoms with van der Waals surface area (Å²) in [5.74, 6) is -8.47. The number of hydrogen-bond acceptors (Lipinski definition) is 7. The van der Waals surface area contributed by atoms with Crippen molar-refractivity contribution in [1.82, 2.24) is 29.8 Å². The molecule has 2 heterocycles. The Labute approximate surface area is 418 Å². The van der Waals surface area contributed by atoms with Crippen molar-refractivity contribution >= 4 is 58.4 Å². The molecule has 4 aliphatic rings. The first kappa shape index (κ1) is 57.2. The first-order chi connectivity index (χ1) is 33.1. The lowest BCUT2D eigenvalue weighted by molar-refractivity contribution is -0.299. The lowest BCUT2D eigenvalue weighted by Gasteiger charge is -2.48. The van der Waals surface area contributed by atoms with E-state index in [9.17, 15) is 59.9 Å². The Morgan fingerprint density at radius 1 is 0.887 bits per heavy atom. The van der Waals surface area contributed by atoms with E-state index in [1.807, 2.05) is 39.0 Å². The van der Waals surface area contributed by atoms with Crippen LogP contribution in [0.2, 0.25) is 5.02 Å². The predicted molar refractivity (Wildman–Crippen MR) is 255 cm³/mol. The van der Waals surface area contributed by atoms with Crippen LogP contribution in [0, 0.1) is 23.2 Å². The SMILES string of the molecule is CC(=O)[C@H](CCCCCCN(C)C(=O)[C@H](Cc1cc(Cl)ccc1C1=CCN(C(C)=O)CC1)N(C)C(=O)[C@@H](C)CC(C)C)N(C)C(=O)[C@@H](NC(=O)[C@@H]1C[C@@H](F)CN1C(=O)C1(C(F)(F)F)CC(F)(F)C1)C1CC1. The molecule has 1 saturated heterocycles. The molecule has 396 valence electrons. The van der Waals surface area contributed by atoms with Gasteiger partial charge in [-0.25, -0.2) is 13.2 Å². The minimum atomic E-state index is -5.37. The van der Waals surface area contributed by atoms with Crippen molar-refractivity contribution in [1.29, 1.82) is 0 Å². The number of benzene rings is 1. The van der Waals surface area contributed by atoms with Crippen molar-refractivity contribution in [3.63, 3.8) is 0 Å². The van der Waals surface area contributed by atoms with Crippen LogP contribution in [0.4, 0.5) is 26.3 Å². The highest BCUT2D eigenvalue weighted by Crippen LogP contribution is 2.61. The Balaban J connectivity index is 1.19. The van der Waals surface area contributed by atoms with Gasteiger partial charge in [0.15, 0.2) is 11.2 Å². The van der Waals surface area contributed by atoms with Crippen LogP contribution in [0.1, 0.15) is 123 Å². The molecule has 1 N–H and O–H groups in total. The number of likely N-dealkylation sites (N-methyl/N-ethyl adjacent to an activating group) is 3. The second kappa shape index (κ2) is 23.5.